The van der Waals surface area contributed by atoms with Crippen molar-refractivity contribution in [1.82, 2.24) is 4.90 Å². The molecule has 0 aliphatic heterocycles. The first-order valence-corrected chi connectivity index (χ1v) is 7.15. The third kappa shape index (κ3) is 4.31. The highest BCUT2D eigenvalue weighted by atomic mass is 16.5. The molecule has 0 saturated carbocycles. The van der Waals surface area contributed by atoms with Crippen molar-refractivity contribution >= 4 is 0 Å². The van der Waals surface area contributed by atoms with E-state index in [0.717, 1.165) is 23.4 Å². The molecular formula is C18H23NO2. The minimum absolute atomic E-state index is 0.481. The van der Waals surface area contributed by atoms with Crippen LogP contribution >= 0.6 is 0 Å². The number of ether oxygens (including phenoxy) is 1. The second-order valence-corrected chi connectivity index (χ2v) is 5.44. The van der Waals surface area contributed by atoms with E-state index in [2.05, 4.69) is 4.90 Å². The highest BCUT2D eigenvalue weighted by molar-refractivity contribution is 5.33. The third-order valence-electron chi connectivity index (χ3n) is 3.58. The van der Waals surface area contributed by atoms with E-state index >= 15 is 0 Å². The van der Waals surface area contributed by atoms with Crippen LogP contribution in [-0.2, 0) is 6.54 Å². The Kier molecular flexibility index (Phi) is 5.37. The van der Waals surface area contributed by atoms with Gasteiger partial charge in [-0.1, -0.05) is 48.0 Å². The Morgan fingerprint density at radius 1 is 1.10 bits per heavy atom. The molecule has 0 spiro atoms. The predicted molar refractivity (Wildman–Crippen MR) is 85.5 cm³/mol. The fourth-order valence-electron chi connectivity index (χ4n) is 2.38. The zero-order valence-corrected chi connectivity index (χ0v) is 12.9. The molecule has 1 N–H and O–H groups in total. The van der Waals surface area contributed by atoms with Crippen molar-refractivity contribution in [2.75, 3.05) is 20.7 Å². The van der Waals surface area contributed by atoms with E-state index in [1.165, 1.54) is 5.56 Å². The summed E-state index contributed by atoms with van der Waals surface area (Å²) in [5.41, 5.74) is 3.28. The molecule has 2 aromatic rings. The molecule has 1 atom stereocenters. The second-order valence-electron chi connectivity index (χ2n) is 5.44. The monoisotopic (exact) mass is 285 g/mol. The summed E-state index contributed by atoms with van der Waals surface area (Å²) in [4.78, 5) is 2.10. The van der Waals surface area contributed by atoms with Gasteiger partial charge in [0.15, 0.2) is 0 Å². The first kappa shape index (κ1) is 15.5. The van der Waals surface area contributed by atoms with Crippen LogP contribution in [0.3, 0.4) is 0 Å². The van der Waals surface area contributed by atoms with Crippen LogP contribution in [0.4, 0.5) is 0 Å². The number of para-hydroxylation sites is 1. The normalized spacial score (nSPS) is 12.4. The fourth-order valence-corrected chi connectivity index (χ4v) is 2.38. The minimum Gasteiger partial charge on any atom is -0.496 e. The number of likely N-dealkylation sites (N-methyl/N-ethyl adjacent to an activating group) is 1. The van der Waals surface area contributed by atoms with Crippen molar-refractivity contribution in [3.63, 3.8) is 0 Å². The Morgan fingerprint density at radius 2 is 1.76 bits per heavy atom. The van der Waals surface area contributed by atoms with Gasteiger partial charge < -0.3 is 9.84 Å². The Bertz CT molecular complexity index is 566. The number of rotatable bonds is 6. The molecule has 2 aromatic carbocycles. The summed E-state index contributed by atoms with van der Waals surface area (Å²) < 4.78 is 5.36. The second kappa shape index (κ2) is 7.25. The van der Waals surface area contributed by atoms with E-state index in [-0.39, 0.29) is 0 Å². The number of methoxy groups -OCH3 is 1. The van der Waals surface area contributed by atoms with Crippen LogP contribution < -0.4 is 4.74 Å². The van der Waals surface area contributed by atoms with Crippen molar-refractivity contribution in [2.45, 2.75) is 19.6 Å². The van der Waals surface area contributed by atoms with Crippen molar-refractivity contribution in [3.05, 3.63) is 65.2 Å². The van der Waals surface area contributed by atoms with E-state index < -0.39 is 6.10 Å². The molecule has 1 unspecified atom stereocenters. The summed E-state index contributed by atoms with van der Waals surface area (Å²) in [5.74, 6) is 0.883. The van der Waals surface area contributed by atoms with Crippen LogP contribution in [0.25, 0.3) is 0 Å². The van der Waals surface area contributed by atoms with E-state index in [4.69, 9.17) is 4.74 Å². The van der Waals surface area contributed by atoms with Crippen LogP contribution in [0.1, 0.15) is 22.8 Å². The largest absolute Gasteiger partial charge is 0.496 e. The summed E-state index contributed by atoms with van der Waals surface area (Å²) in [6.07, 6.45) is -0.481. The van der Waals surface area contributed by atoms with Gasteiger partial charge in [0.25, 0.3) is 0 Å². The molecule has 3 nitrogen and oxygen atoms in total. The van der Waals surface area contributed by atoms with E-state index in [0.29, 0.717) is 6.54 Å². The van der Waals surface area contributed by atoms with Gasteiger partial charge in [0, 0.05) is 18.7 Å². The lowest BCUT2D eigenvalue weighted by molar-refractivity contribution is 0.123. The SMILES string of the molecule is COc1ccccc1CN(C)CC(O)c1ccc(C)cc1. The average Bonchev–Trinajstić information content (AvgIpc) is 2.48. The van der Waals surface area contributed by atoms with Crippen molar-refractivity contribution in [1.29, 1.82) is 0 Å². The Labute approximate surface area is 126 Å². The van der Waals surface area contributed by atoms with Gasteiger partial charge in [0.05, 0.1) is 13.2 Å². The summed E-state index contributed by atoms with van der Waals surface area (Å²) in [5, 5.41) is 10.3. The number of aliphatic hydroxyl groups is 1. The molecule has 3 heteroatoms. The molecule has 21 heavy (non-hydrogen) atoms. The quantitative estimate of drug-likeness (QED) is 0.885. The lowest BCUT2D eigenvalue weighted by atomic mass is 10.1. The molecule has 0 fully saturated rings. The lowest BCUT2D eigenvalue weighted by Crippen LogP contribution is -2.24. The molecule has 112 valence electrons. The first-order chi connectivity index (χ1) is 10.1. The standard InChI is InChI=1S/C18H23NO2/c1-14-8-10-15(11-9-14)17(20)13-19(2)12-16-6-4-5-7-18(16)21-3/h4-11,17,20H,12-13H2,1-3H3. The number of aryl methyl sites for hydroxylation is 1. The summed E-state index contributed by atoms with van der Waals surface area (Å²) in [6.45, 7) is 3.37. The van der Waals surface area contributed by atoms with Gasteiger partial charge in [0.2, 0.25) is 0 Å². The Morgan fingerprint density at radius 3 is 2.43 bits per heavy atom. The Hall–Kier alpha value is -1.84. The predicted octanol–water partition coefficient (Wildman–Crippen LogP) is 3.17. The summed E-state index contributed by atoms with van der Waals surface area (Å²) in [7, 11) is 3.68. The first-order valence-electron chi connectivity index (χ1n) is 7.15. The molecule has 0 radical (unpaired) electrons. The smallest absolute Gasteiger partial charge is 0.123 e. The van der Waals surface area contributed by atoms with E-state index in [9.17, 15) is 5.11 Å². The third-order valence-corrected chi connectivity index (χ3v) is 3.58. The zero-order chi connectivity index (χ0) is 15.2. The molecule has 0 bridgehead atoms. The van der Waals surface area contributed by atoms with Crippen molar-refractivity contribution in [2.24, 2.45) is 0 Å². The van der Waals surface area contributed by atoms with Gasteiger partial charge >= 0.3 is 0 Å². The maximum Gasteiger partial charge on any atom is 0.123 e. The van der Waals surface area contributed by atoms with Crippen LogP contribution in [0.2, 0.25) is 0 Å². The van der Waals surface area contributed by atoms with Gasteiger partial charge in [-0.3, -0.25) is 4.90 Å². The molecule has 0 aliphatic rings. The molecule has 0 aromatic heterocycles. The van der Waals surface area contributed by atoms with Gasteiger partial charge in [-0.15, -0.1) is 0 Å². The highest BCUT2D eigenvalue weighted by Gasteiger charge is 2.12. The van der Waals surface area contributed by atoms with Crippen LogP contribution in [0, 0.1) is 6.92 Å². The van der Waals surface area contributed by atoms with Crippen molar-refractivity contribution in [3.8, 4) is 5.75 Å². The number of aliphatic hydroxyl groups excluding tert-OH is 1. The average molecular weight is 285 g/mol. The molecule has 0 amide bonds. The molecule has 2 rings (SSSR count). The van der Waals surface area contributed by atoms with Gasteiger partial charge in [-0.25, -0.2) is 0 Å². The minimum atomic E-state index is -0.481. The number of benzene rings is 2. The molecule has 0 saturated heterocycles. The van der Waals surface area contributed by atoms with Gasteiger partial charge in [-0.05, 0) is 25.6 Å². The number of nitrogens with zero attached hydrogens (tertiary/aromatic N) is 1. The topological polar surface area (TPSA) is 32.7 Å². The van der Waals surface area contributed by atoms with E-state index in [1.807, 2.05) is 62.5 Å². The van der Waals surface area contributed by atoms with E-state index in [1.54, 1.807) is 7.11 Å². The number of hydrogen-bond acceptors (Lipinski definition) is 3. The highest BCUT2D eigenvalue weighted by Crippen LogP contribution is 2.20. The summed E-state index contributed by atoms with van der Waals surface area (Å²) >= 11 is 0. The number of hydrogen-bond donors (Lipinski definition) is 1. The van der Waals surface area contributed by atoms with Gasteiger partial charge in [0.1, 0.15) is 5.75 Å². The van der Waals surface area contributed by atoms with Crippen molar-refractivity contribution < 1.29 is 9.84 Å². The fraction of sp³-hybridized carbons (Fsp3) is 0.333. The maximum atomic E-state index is 10.3. The summed E-state index contributed by atoms with van der Waals surface area (Å²) in [6, 6.07) is 16.0. The van der Waals surface area contributed by atoms with Gasteiger partial charge in [-0.2, -0.15) is 0 Å². The molecule has 0 heterocycles. The molecular weight excluding hydrogens is 262 g/mol. The van der Waals surface area contributed by atoms with Crippen LogP contribution in [-0.4, -0.2) is 30.7 Å². The maximum absolute atomic E-state index is 10.3. The zero-order valence-electron chi connectivity index (χ0n) is 12.9. The molecule has 0 aliphatic carbocycles. The van der Waals surface area contributed by atoms with Crippen LogP contribution in [0.5, 0.6) is 5.75 Å². The van der Waals surface area contributed by atoms with Crippen LogP contribution in [0.15, 0.2) is 48.5 Å². The lowest BCUT2D eigenvalue weighted by Gasteiger charge is -2.22. The Balaban J connectivity index is 1.97.